The number of nitrogens with zero attached hydrogens (tertiary/aromatic N) is 4. The highest BCUT2D eigenvalue weighted by Gasteiger charge is 2.20. The third-order valence-corrected chi connectivity index (χ3v) is 5.63. The molecule has 0 amide bonds. The van der Waals surface area contributed by atoms with Crippen LogP contribution in [-0.2, 0) is 20.1 Å². The fraction of sp³-hybridized carbons (Fsp3) is 0.478. The maximum Gasteiger partial charge on any atom is 0.226 e. The zero-order valence-electron chi connectivity index (χ0n) is 19.2. The Morgan fingerprint density at radius 1 is 1.07 bits per heavy atom. The lowest BCUT2D eigenvalue weighted by atomic mass is 10.1. The summed E-state index contributed by atoms with van der Waals surface area (Å²) in [5.41, 5.74) is 5.33. The first-order chi connectivity index (χ1) is 14.2. The molecule has 0 spiro atoms. The molecule has 0 saturated heterocycles. The molecule has 7 heteroatoms. The van der Waals surface area contributed by atoms with Crippen LogP contribution >= 0.6 is 0 Å². The lowest BCUT2D eigenvalue weighted by molar-refractivity contribution is 0.199. The molecule has 162 valence electrons. The number of rotatable bonds is 8. The summed E-state index contributed by atoms with van der Waals surface area (Å²) in [6.45, 7) is 12.1. The second-order valence-corrected chi connectivity index (χ2v) is 7.86. The number of aryl methyl sites for hydroxylation is 3. The van der Waals surface area contributed by atoms with Gasteiger partial charge in [0.25, 0.3) is 0 Å². The van der Waals surface area contributed by atoms with E-state index in [-0.39, 0.29) is 0 Å². The van der Waals surface area contributed by atoms with Crippen LogP contribution < -0.4 is 9.47 Å². The van der Waals surface area contributed by atoms with Crippen LogP contribution in [0.1, 0.15) is 42.3 Å². The molecule has 0 saturated carbocycles. The number of methoxy groups -OCH3 is 2. The monoisotopic (exact) mass is 412 g/mol. The van der Waals surface area contributed by atoms with E-state index in [9.17, 15) is 0 Å². The summed E-state index contributed by atoms with van der Waals surface area (Å²) < 4.78 is 18.7. The average molecular weight is 413 g/mol. The molecule has 7 nitrogen and oxygen atoms in total. The van der Waals surface area contributed by atoms with Gasteiger partial charge in [0.1, 0.15) is 5.76 Å². The molecule has 0 fully saturated rings. The Labute approximate surface area is 178 Å². The van der Waals surface area contributed by atoms with E-state index in [1.54, 1.807) is 14.2 Å². The standard InChI is InChI=1S/C23H32N4O3/c1-14(2)27(12-19-15(3)25-26(6)16(19)4)13-20-17(5)30-23(24-20)18-9-10-21(28-7)22(11-18)29-8/h9-11,14H,12-13H2,1-8H3. The van der Waals surface area contributed by atoms with Crippen molar-refractivity contribution >= 4 is 0 Å². The van der Waals surface area contributed by atoms with Crippen LogP contribution in [0.2, 0.25) is 0 Å². The number of oxazole rings is 1. The van der Waals surface area contributed by atoms with Crippen molar-refractivity contribution in [1.82, 2.24) is 19.7 Å². The quantitative estimate of drug-likeness (QED) is 0.545. The maximum absolute atomic E-state index is 6.01. The van der Waals surface area contributed by atoms with Crippen molar-refractivity contribution < 1.29 is 13.9 Å². The normalized spacial score (nSPS) is 11.5. The Morgan fingerprint density at radius 3 is 2.33 bits per heavy atom. The molecule has 0 aliphatic heterocycles. The van der Waals surface area contributed by atoms with Crippen molar-refractivity contribution in [2.45, 2.75) is 53.8 Å². The Bertz CT molecular complexity index is 1020. The predicted molar refractivity (Wildman–Crippen MR) is 117 cm³/mol. The summed E-state index contributed by atoms with van der Waals surface area (Å²) >= 11 is 0. The zero-order valence-corrected chi connectivity index (χ0v) is 19.2. The molecule has 2 heterocycles. The van der Waals surface area contributed by atoms with Gasteiger partial charge in [-0.3, -0.25) is 9.58 Å². The molecule has 3 aromatic rings. The van der Waals surface area contributed by atoms with Gasteiger partial charge in [-0.25, -0.2) is 4.98 Å². The number of hydrogen-bond acceptors (Lipinski definition) is 6. The molecule has 0 bridgehead atoms. The van der Waals surface area contributed by atoms with Crippen LogP contribution in [0.3, 0.4) is 0 Å². The van der Waals surface area contributed by atoms with Crippen molar-refractivity contribution in [2.75, 3.05) is 14.2 Å². The van der Waals surface area contributed by atoms with Crippen molar-refractivity contribution in [1.29, 1.82) is 0 Å². The highest BCUT2D eigenvalue weighted by molar-refractivity contribution is 5.60. The van der Waals surface area contributed by atoms with Crippen molar-refractivity contribution in [3.63, 3.8) is 0 Å². The average Bonchev–Trinajstić information content (AvgIpc) is 3.20. The van der Waals surface area contributed by atoms with Crippen molar-refractivity contribution in [3.8, 4) is 23.0 Å². The first-order valence-electron chi connectivity index (χ1n) is 10.2. The lowest BCUT2D eigenvalue weighted by Crippen LogP contribution is -2.30. The van der Waals surface area contributed by atoms with Gasteiger partial charge in [-0.05, 0) is 52.8 Å². The highest BCUT2D eigenvalue weighted by atomic mass is 16.5. The fourth-order valence-electron chi connectivity index (χ4n) is 3.53. The number of ether oxygens (including phenoxy) is 2. The van der Waals surface area contributed by atoms with Gasteiger partial charge in [-0.2, -0.15) is 5.10 Å². The third kappa shape index (κ3) is 4.36. The fourth-order valence-corrected chi connectivity index (χ4v) is 3.53. The van der Waals surface area contributed by atoms with Crippen LogP contribution in [0.25, 0.3) is 11.5 Å². The van der Waals surface area contributed by atoms with Crippen molar-refractivity contribution in [2.24, 2.45) is 7.05 Å². The molecule has 0 aliphatic rings. The summed E-state index contributed by atoms with van der Waals surface area (Å²) in [5, 5.41) is 4.56. The smallest absolute Gasteiger partial charge is 0.226 e. The molecule has 30 heavy (non-hydrogen) atoms. The second kappa shape index (κ2) is 8.92. The van der Waals surface area contributed by atoms with E-state index in [2.05, 4.69) is 37.7 Å². The van der Waals surface area contributed by atoms with Gasteiger partial charge >= 0.3 is 0 Å². The van der Waals surface area contributed by atoms with Gasteiger partial charge in [0.15, 0.2) is 11.5 Å². The Hall–Kier alpha value is -2.80. The van der Waals surface area contributed by atoms with Gasteiger partial charge in [-0.1, -0.05) is 0 Å². The largest absolute Gasteiger partial charge is 0.493 e. The maximum atomic E-state index is 6.01. The first kappa shape index (κ1) is 21.9. The molecule has 0 atom stereocenters. The van der Waals surface area contributed by atoms with Crippen LogP contribution in [0.15, 0.2) is 22.6 Å². The molecule has 0 N–H and O–H groups in total. The van der Waals surface area contributed by atoms with Crippen LogP contribution in [-0.4, -0.2) is 39.9 Å². The van der Waals surface area contributed by atoms with Gasteiger partial charge in [-0.15, -0.1) is 0 Å². The van der Waals surface area contributed by atoms with Crippen LogP contribution in [0.4, 0.5) is 0 Å². The van der Waals surface area contributed by atoms with E-state index >= 15 is 0 Å². The number of aromatic nitrogens is 3. The van der Waals surface area contributed by atoms with E-state index in [1.165, 1.54) is 11.3 Å². The number of benzene rings is 1. The molecule has 0 radical (unpaired) electrons. The van der Waals surface area contributed by atoms with Gasteiger partial charge in [0.05, 0.1) is 25.6 Å². The Morgan fingerprint density at radius 2 is 1.77 bits per heavy atom. The minimum Gasteiger partial charge on any atom is -0.493 e. The predicted octanol–water partition coefficient (Wildman–Crippen LogP) is 4.43. The Kier molecular flexibility index (Phi) is 6.51. The van der Waals surface area contributed by atoms with Crippen molar-refractivity contribution in [3.05, 3.63) is 46.6 Å². The molecule has 3 rings (SSSR count). The van der Waals surface area contributed by atoms with Gasteiger partial charge in [0.2, 0.25) is 5.89 Å². The molecule has 2 aromatic heterocycles. The summed E-state index contributed by atoms with van der Waals surface area (Å²) in [7, 11) is 5.23. The Balaban J connectivity index is 1.86. The van der Waals surface area contributed by atoms with Gasteiger partial charge in [0, 0.05) is 43.0 Å². The number of hydrogen-bond donors (Lipinski definition) is 0. The summed E-state index contributed by atoms with van der Waals surface area (Å²) in [6, 6.07) is 6.03. The summed E-state index contributed by atoms with van der Waals surface area (Å²) in [4.78, 5) is 7.19. The van der Waals surface area contributed by atoms with E-state index < -0.39 is 0 Å². The minimum atomic E-state index is 0.352. The van der Waals surface area contributed by atoms with E-state index in [0.29, 0.717) is 30.0 Å². The SMILES string of the molecule is COc1ccc(-c2nc(CN(Cc3c(C)nn(C)c3C)C(C)C)c(C)o2)cc1OC. The van der Waals surface area contributed by atoms with E-state index in [0.717, 1.165) is 29.3 Å². The zero-order chi connectivity index (χ0) is 22.0. The molecular formula is C23H32N4O3. The molecule has 0 aliphatic carbocycles. The van der Waals surface area contributed by atoms with E-state index in [4.69, 9.17) is 18.9 Å². The molecule has 0 unspecified atom stereocenters. The second-order valence-electron chi connectivity index (χ2n) is 7.86. The van der Waals surface area contributed by atoms with E-state index in [1.807, 2.05) is 36.9 Å². The molecule has 1 aromatic carbocycles. The third-order valence-electron chi connectivity index (χ3n) is 5.63. The van der Waals surface area contributed by atoms with Gasteiger partial charge < -0.3 is 13.9 Å². The lowest BCUT2D eigenvalue weighted by Gasteiger charge is -2.26. The summed E-state index contributed by atoms with van der Waals surface area (Å²) in [5.74, 6) is 2.74. The highest BCUT2D eigenvalue weighted by Crippen LogP contribution is 2.33. The summed E-state index contributed by atoms with van der Waals surface area (Å²) in [6.07, 6.45) is 0. The van der Waals surface area contributed by atoms with Crippen LogP contribution in [0, 0.1) is 20.8 Å². The first-order valence-corrected chi connectivity index (χ1v) is 10.2. The van der Waals surface area contributed by atoms with Crippen LogP contribution in [0.5, 0.6) is 11.5 Å². The topological polar surface area (TPSA) is 65.5 Å². The molecular weight excluding hydrogens is 380 g/mol. The minimum absolute atomic E-state index is 0.352.